The molecule has 1 amide bonds. The van der Waals surface area contributed by atoms with Crippen molar-refractivity contribution in [3.05, 3.63) is 65.2 Å². The Balaban J connectivity index is 1.69. The topological polar surface area (TPSA) is 66.8 Å². The van der Waals surface area contributed by atoms with Gasteiger partial charge in [-0.25, -0.2) is 0 Å². The molecule has 0 bridgehead atoms. The van der Waals surface area contributed by atoms with Crippen LogP contribution in [0.15, 0.2) is 48.5 Å². The third-order valence-corrected chi connectivity index (χ3v) is 4.90. The molecule has 5 nitrogen and oxygen atoms in total. The first-order valence-electron chi connectivity index (χ1n) is 8.78. The van der Waals surface area contributed by atoms with Crippen molar-refractivity contribution in [1.82, 2.24) is 4.90 Å². The Labute approximate surface area is 153 Å². The van der Waals surface area contributed by atoms with Crippen LogP contribution in [-0.4, -0.2) is 34.5 Å². The molecule has 0 aliphatic carbocycles. The Hall–Kier alpha value is -2.82. The van der Waals surface area contributed by atoms with Gasteiger partial charge in [-0.15, -0.1) is 0 Å². The van der Waals surface area contributed by atoms with Crippen molar-refractivity contribution in [1.29, 1.82) is 0 Å². The lowest BCUT2D eigenvalue weighted by Gasteiger charge is -2.23. The van der Waals surface area contributed by atoms with Gasteiger partial charge in [0, 0.05) is 18.2 Å². The van der Waals surface area contributed by atoms with Crippen LogP contribution < -0.4 is 4.74 Å². The van der Waals surface area contributed by atoms with E-state index in [1.54, 1.807) is 30.0 Å². The Morgan fingerprint density at radius 3 is 2.65 bits per heavy atom. The first-order chi connectivity index (χ1) is 12.5. The number of carboxylic acid groups (broad SMARTS) is 1. The second-order valence-corrected chi connectivity index (χ2v) is 6.78. The molecule has 0 radical (unpaired) electrons. The highest BCUT2D eigenvalue weighted by molar-refractivity contribution is 5.95. The zero-order valence-electron chi connectivity index (χ0n) is 15.0. The number of hydrogen-bond donors (Lipinski definition) is 1. The number of hydrogen-bond acceptors (Lipinski definition) is 3. The quantitative estimate of drug-likeness (QED) is 0.893. The van der Waals surface area contributed by atoms with Crippen molar-refractivity contribution in [2.75, 3.05) is 6.54 Å². The first-order valence-corrected chi connectivity index (χ1v) is 8.78. The number of likely N-dealkylation sites (tertiary alicyclic amines) is 1. The molecule has 2 atom stereocenters. The molecule has 136 valence electrons. The second-order valence-electron chi connectivity index (χ2n) is 6.78. The van der Waals surface area contributed by atoms with Gasteiger partial charge in [0.05, 0.1) is 5.92 Å². The number of aryl methyl sites for hydroxylation is 1. The summed E-state index contributed by atoms with van der Waals surface area (Å²) >= 11 is 0. The average Bonchev–Trinajstić information content (AvgIpc) is 3.01. The lowest BCUT2D eigenvalue weighted by Crippen LogP contribution is -2.37. The fourth-order valence-electron chi connectivity index (χ4n) is 3.41. The van der Waals surface area contributed by atoms with Gasteiger partial charge < -0.3 is 14.7 Å². The lowest BCUT2D eigenvalue weighted by molar-refractivity contribution is -0.142. The maximum absolute atomic E-state index is 12.8. The molecule has 1 aliphatic rings. The highest BCUT2D eigenvalue weighted by atomic mass is 16.5. The number of nitrogens with zero attached hydrogens (tertiary/aromatic N) is 1. The molecule has 3 rings (SSSR count). The highest BCUT2D eigenvalue weighted by Gasteiger charge is 2.38. The minimum Gasteiger partial charge on any atom is -0.489 e. The van der Waals surface area contributed by atoms with Crippen molar-refractivity contribution in [3.63, 3.8) is 0 Å². The molecule has 1 aliphatic heterocycles. The normalized spacial score (nSPS) is 19.4. The smallest absolute Gasteiger partial charge is 0.308 e. The number of benzene rings is 2. The third-order valence-electron chi connectivity index (χ3n) is 4.90. The number of ether oxygens (including phenoxy) is 1. The highest BCUT2D eigenvalue weighted by Crippen LogP contribution is 2.27. The molecule has 1 fully saturated rings. The molecular formula is C21H23NO4. The van der Waals surface area contributed by atoms with Crippen molar-refractivity contribution >= 4 is 11.9 Å². The van der Waals surface area contributed by atoms with E-state index in [2.05, 4.69) is 6.07 Å². The minimum absolute atomic E-state index is 0.151. The molecule has 1 N–H and O–H groups in total. The van der Waals surface area contributed by atoms with E-state index in [1.807, 2.05) is 31.2 Å². The SMILES string of the molecule is Cc1cccc(COc2cccc(C(=O)N3CCC(C(=O)O)C3C)c2)c1. The monoisotopic (exact) mass is 353 g/mol. The van der Waals surface area contributed by atoms with Gasteiger partial charge in [-0.2, -0.15) is 0 Å². The summed E-state index contributed by atoms with van der Waals surface area (Å²) in [6.45, 7) is 4.72. The maximum atomic E-state index is 12.8. The van der Waals surface area contributed by atoms with Crippen LogP contribution in [0.4, 0.5) is 0 Å². The van der Waals surface area contributed by atoms with Gasteiger partial charge in [0.2, 0.25) is 0 Å². The van der Waals surface area contributed by atoms with Crippen LogP contribution in [0, 0.1) is 12.8 Å². The third kappa shape index (κ3) is 3.87. The predicted octanol–water partition coefficient (Wildman–Crippen LogP) is 3.51. The summed E-state index contributed by atoms with van der Waals surface area (Å²) in [6, 6.07) is 14.8. The fraction of sp³-hybridized carbons (Fsp3) is 0.333. The average molecular weight is 353 g/mol. The number of amides is 1. The van der Waals surface area contributed by atoms with E-state index in [0.29, 0.717) is 30.9 Å². The van der Waals surface area contributed by atoms with Gasteiger partial charge in [-0.05, 0) is 44.0 Å². The van der Waals surface area contributed by atoms with Crippen LogP contribution >= 0.6 is 0 Å². The molecule has 1 saturated heterocycles. The molecule has 2 aromatic rings. The van der Waals surface area contributed by atoms with Gasteiger partial charge in [0.15, 0.2) is 0 Å². The maximum Gasteiger partial charge on any atom is 0.308 e. The number of carbonyl (C=O) groups is 2. The van der Waals surface area contributed by atoms with Crippen molar-refractivity contribution in [2.24, 2.45) is 5.92 Å². The zero-order chi connectivity index (χ0) is 18.7. The predicted molar refractivity (Wildman–Crippen MR) is 98.2 cm³/mol. The molecule has 26 heavy (non-hydrogen) atoms. The first kappa shape index (κ1) is 18.0. The van der Waals surface area contributed by atoms with E-state index in [0.717, 1.165) is 5.56 Å². The Morgan fingerprint density at radius 1 is 1.19 bits per heavy atom. The van der Waals surface area contributed by atoms with E-state index in [1.165, 1.54) is 5.56 Å². The fourth-order valence-corrected chi connectivity index (χ4v) is 3.41. The number of carboxylic acids is 1. The molecule has 5 heteroatoms. The van der Waals surface area contributed by atoms with Crippen LogP contribution in [0.5, 0.6) is 5.75 Å². The summed E-state index contributed by atoms with van der Waals surface area (Å²) in [5.74, 6) is -0.871. The minimum atomic E-state index is -0.844. The van der Waals surface area contributed by atoms with Crippen LogP contribution in [0.25, 0.3) is 0 Å². The van der Waals surface area contributed by atoms with Crippen LogP contribution in [0.3, 0.4) is 0 Å². The van der Waals surface area contributed by atoms with E-state index >= 15 is 0 Å². The van der Waals surface area contributed by atoms with Crippen molar-refractivity contribution in [3.8, 4) is 5.75 Å². The Kier molecular flexibility index (Phi) is 5.26. The van der Waals surface area contributed by atoms with Crippen LogP contribution in [-0.2, 0) is 11.4 Å². The van der Waals surface area contributed by atoms with E-state index in [4.69, 9.17) is 4.74 Å². The van der Waals surface area contributed by atoms with Gasteiger partial charge in [0.25, 0.3) is 5.91 Å². The lowest BCUT2D eigenvalue weighted by atomic mass is 10.0. The summed E-state index contributed by atoms with van der Waals surface area (Å²) in [5.41, 5.74) is 2.76. The number of aliphatic carboxylic acids is 1. The van der Waals surface area contributed by atoms with Gasteiger partial charge in [-0.3, -0.25) is 9.59 Å². The largest absolute Gasteiger partial charge is 0.489 e. The van der Waals surface area contributed by atoms with Crippen LogP contribution in [0.1, 0.15) is 34.8 Å². The molecular weight excluding hydrogens is 330 g/mol. The number of carbonyl (C=O) groups excluding carboxylic acids is 1. The van der Waals surface area contributed by atoms with Gasteiger partial charge in [0.1, 0.15) is 12.4 Å². The van der Waals surface area contributed by atoms with Gasteiger partial charge in [-0.1, -0.05) is 35.9 Å². The van der Waals surface area contributed by atoms with Crippen LogP contribution in [0.2, 0.25) is 0 Å². The second kappa shape index (κ2) is 7.60. The van der Waals surface area contributed by atoms with Crippen molar-refractivity contribution in [2.45, 2.75) is 32.9 Å². The Bertz CT molecular complexity index is 817. The van der Waals surface area contributed by atoms with Crippen molar-refractivity contribution < 1.29 is 19.4 Å². The standard InChI is InChI=1S/C21H23NO4/c1-14-5-3-6-16(11-14)13-26-18-8-4-7-17(12-18)20(23)22-10-9-19(15(22)2)21(24)25/h3-8,11-12,15,19H,9-10,13H2,1-2H3,(H,24,25). The molecule has 0 saturated carbocycles. The molecule has 2 unspecified atom stereocenters. The Morgan fingerprint density at radius 2 is 1.96 bits per heavy atom. The van der Waals surface area contributed by atoms with Gasteiger partial charge >= 0.3 is 5.97 Å². The molecule has 0 aromatic heterocycles. The summed E-state index contributed by atoms with van der Waals surface area (Å²) < 4.78 is 5.82. The van der Waals surface area contributed by atoms with E-state index in [9.17, 15) is 14.7 Å². The van der Waals surface area contributed by atoms with E-state index in [-0.39, 0.29) is 11.9 Å². The summed E-state index contributed by atoms with van der Waals surface area (Å²) in [6.07, 6.45) is 0.492. The summed E-state index contributed by atoms with van der Waals surface area (Å²) in [4.78, 5) is 25.7. The zero-order valence-corrected chi connectivity index (χ0v) is 15.0. The molecule has 1 heterocycles. The molecule has 0 spiro atoms. The summed E-state index contributed by atoms with van der Waals surface area (Å²) in [5, 5.41) is 9.24. The number of rotatable bonds is 5. The van der Waals surface area contributed by atoms with E-state index < -0.39 is 11.9 Å². The molecule has 2 aromatic carbocycles. The summed E-state index contributed by atoms with van der Waals surface area (Å²) in [7, 11) is 0.